The number of hydrogen-bond acceptors (Lipinski definition) is 4. The summed E-state index contributed by atoms with van der Waals surface area (Å²) in [4.78, 5) is 27.4. The molecule has 0 N–H and O–H groups in total. The van der Waals surface area contributed by atoms with Gasteiger partial charge in [-0.2, -0.15) is 0 Å². The standard InChI is InChI=1S/C12H20N2O3/c1-9(2)10-7-11(15)14(12(10)16)8-13-3-5-17-6-4-13/h9-10H,3-8H2,1-2H3. The molecule has 0 aliphatic carbocycles. The number of hydrogen-bond donors (Lipinski definition) is 0. The zero-order valence-corrected chi connectivity index (χ0v) is 10.5. The monoisotopic (exact) mass is 240 g/mol. The summed E-state index contributed by atoms with van der Waals surface area (Å²) >= 11 is 0. The normalized spacial score (nSPS) is 27.2. The molecule has 96 valence electrons. The molecule has 1 unspecified atom stereocenters. The Morgan fingerprint density at radius 3 is 2.47 bits per heavy atom. The lowest BCUT2D eigenvalue weighted by molar-refractivity contribution is -0.143. The summed E-state index contributed by atoms with van der Waals surface area (Å²) in [5, 5.41) is 0. The second kappa shape index (κ2) is 5.14. The third-order valence-electron chi connectivity index (χ3n) is 3.53. The SMILES string of the molecule is CC(C)C1CC(=O)N(CN2CCOCC2)C1=O. The van der Waals surface area contributed by atoms with Crippen molar-refractivity contribution in [1.82, 2.24) is 9.80 Å². The third kappa shape index (κ3) is 2.66. The van der Waals surface area contributed by atoms with Crippen LogP contribution < -0.4 is 0 Å². The van der Waals surface area contributed by atoms with Gasteiger partial charge in [-0.25, -0.2) is 0 Å². The maximum absolute atomic E-state index is 12.1. The quantitative estimate of drug-likeness (QED) is 0.666. The average molecular weight is 240 g/mol. The van der Waals surface area contributed by atoms with Gasteiger partial charge < -0.3 is 4.74 Å². The van der Waals surface area contributed by atoms with Crippen molar-refractivity contribution in [2.75, 3.05) is 33.0 Å². The number of morpholine rings is 1. The van der Waals surface area contributed by atoms with Gasteiger partial charge in [0, 0.05) is 25.4 Å². The van der Waals surface area contributed by atoms with Crippen molar-refractivity contribution in [3.8, 4) is 0 Å². The van der Waals surface area contributed by atoms with Gasteiger partial charge in [-0.1, -0.05) is 13.8 Å². The van der Waals surface area contributed by atoms with E-state index in [0.29, 0.717) is 26.3 Å². The number of carbonyl (C=O) groups excluding carboxylic acids is 2. The molecule has 5 nitrogen and oxygen atoms in total. The minimum atomic E-state index is -0.122. The van der Waals surface area contributed by atoms with E-state index in [0.717, 1.165) is 13.1 Å². The lowest BCUT2D eigenvalue weighted by Crippen LogP contribution is -2.46. The van der Waals surface area contributed by atoms with Crippen LogP contribution in [0.4, 0.5) is 0 Å². The van der Waals surface area contributed by atoms with Crippen molar-refractivity contribution in [3.63, 3.8) is 0 Å². The van der Waals surface area contributed by atoms with Crippen LogP contribution in [0, 0.1) is 11.8 Å². The van der Waals surface area contributed by atoms with E-state index in [1.165, 1.54) is 4.90 Å². The molecule has 5 heteroatoms. The van der Waals surface area contributed by atoms with Crippen LogP contribution in [0.2, 0.25) is 0 Å². The van der Waals surface area contributed by atoms with Gasteiger partial charge in [0.2, 0.25) is 11.8 Å². The van der Waals surface area contributed by atoms with Crippen molar-refractivity contribution in [3.05, 3.63) is 0 Å². The van der Waals surface area contributed by atoms with Crippen molar-refractivity contribution >= 4 is 11.8 Å². The molecule has 0 aromatic heterocycles. The predicted molar refractivity (Wildman–Crippen MR) is 62.1 cm³/mol. The van der Waals surface area contributed by atoms with E-state index in [1.807, 2.05) is 13.8 Å². The highest BCUT2D eigenvalue weighted by atomic mass is 16.5. The molecule has 0 aromatic carbocycles. The van der Waals surface area contributed by atoms with Gasteiger partial charge in [0.05, 0.1) is 19.9 Å². The second-order valence-electron chi connectivity index (χ2n) is 5.09. The summed E-state index contributed by atoms with van der Waals surface area (Å²) in [7, 11) is 0. The highest BCUT2D eigenvalue weighted by Crippen LogP contribution is 2.26. The van der Waals surface area contributed by atoms with E-state index in [-0.39, 0.29) is 23.7 Å². The van der Waals surface area contributed by atoms with Crippen LogP contribution in [0.3, 0.4) is 0 Å². The minimum absolute atomic E-state index is 0.00325. The molecule has 0 aromatic rings. The lowest BCUT2D eigenvalue weighted by atomic mass is 9.94. The Bertz CT molecular complexity index is 311. The second-order valence-corrected chi connectivity index (χ2v) is 5.09. The first-order valence-electron chi connectivity index (χ1n) is 6.24. The first-order valence-corrected chi connectivity index (χ1v) is 6.24. The van der Waals surface area contributed by atoms with Crippen LogP contribution in [-0.4, -0.2) is 54.6 Å². The molecular weight excluding hydrogens is 220 g/mol. The Hall–Kier alpha value is -0.940. The summed E-state index contributed by atoms with van der Waals surface area (Å²) < 4.78 is 5.25. The number of nitrogens with zero attached hydrogens (tertiary/aromatic N) is 2. The molecule has 1 atom stereocenters. The molecule has 2 aliphatic rings. The van der Waals surface area contributed by atoms with Crippen molar-refractivity contribution in [2.24, 2.45) is 11.8 Å². The molecular formula is C12H20N2O3. The van der Waals surface area contributed by atoms with Crippen LogP contribution in [0.15, 0.2) is 0 Å². The number of imide groups is 1. The van der Waals surface area contributed by atoms with Gasteiger partial charge in [0.25, 0.3) is 0 Å². The number of amides is 2. The number of rotatable bonds is 3. The summed E-state index contributed by atoms with van der Waals surface area (Å²) in [5.41, 5.74) is 0. The van der Waals surface area contributed by atoms with Crippen molar-refractivity contribution < 1.29 is 14.3 Å². The van der Waals surface area contributed by atoms with Gasteiger partial charge in [-0.15, -0.1) is 0 Å². The fraction of sp³-hybridized carbons (Fsp3) is 0.833. The predicted octanol–water partition coefficient (Wildman–Crippen LogP) is 0.307. The number of ether oxygens (including phenoxy) is 1. The van der Waals surface area contributed by atoms with Gasteiger partial charge in [0.15, 0.2) is 0 Å². The summed E-state index contributed by atoms with van der Waals surface area (Å²) in [6.45, 7) is 7.38. The summed E-state index contributed by atoms with van der Waals surface area (Å²) in [6, 6.07) is 0. The molecule has 0 radical (unpaired) electrons. The molecule has 17 heavy (non-hydrogen) atoms. The highest BCUT2D eigenvalue weighted by molar-refractivity contribution is 6.03. The topological polar surface area (TPSA) is 49.9 Å². The van der Waals surface area contributed by atoms with Crippen molar-refractivity contribution in [1.29, 1.82) is 0 Å². The van der Waals surface area contributed by atoms with E-state index in [4.69, 9.17) is 4.74 Å². The maximum atomic E-state index is 12.1. The molecule has 2 saturated heterocycles. The number of likely N-dealkylation sites (tertiary alicyclic amines) is 1. The third-order valence-corrected chi connectivity index (χ3v) is 3.53. The van der Waals surface area contributed by atoms with E-state index in [9.17, 15) is 9.59 Å². The van der Waals surface area contributed by atoms with Gasteiger partial charge in [-0.05, 0) is 5.92 Å². The van der Waals surface area contributed by atoms with Crippen LogP contribution in [0.5, 0.6) is 0 Å². The molecule has 2 aliphatic heterocycles. The molecule has 2 heterocycles. The van der Waals surface area contributed by atoms with Gasteiger partial charge in [-0.3, -0.25) is 19.4 Å². The smallest absolute Gasteiger partial charge is 0.234 e. The number of carbonyl (C=O) groups is 2. The Balaban J connectivity index is 1.96. The van der Waals surface area contributed by atoms with Crippen LogP contribution in [0.25, 0.3) is 0 Å². The summed E-state index contributed by atoms with van der Waals surface area (Å²) in [5.74, 6) is 0.0846. The molecule has 2 rings (SSSR count). The fourth-order valence-electron chi connectivity index (χ4n) is 2.32. The zero-order chi connectivity index (χ0) is 12.4. The van der Waals surface area contributed by atoms with E-state index < -0.39 is 0 Å². The first-order chi connectivity index (χ1) is 8.09. The minimum Gasteiger partial charge on any atom is -0.379 e. The summed E-state index contributed by atoms with van der Waals surface area (Å²) in [6.07, 6.45) is 0.376. The maximum Gasteiger partial charge on any atom is 0.234 e. The molecule has 0 saturated carbocycles. The largest absolute Gasteiger partial charge is 0.379 e. The lowest BCUT2D eigenvalue weighted by Gasteiger charge is -2.30. The molecule has 0 spiro atoms. The molecule has 2 amide bonds. The zero-order valence-electron chi connectivity index (χ0n) is 10.5. The molecule has 0 bridgehead atoms. The van der Waals surface area contributed by atoms with E-state index in [1.54, 1.807) is 0 Å². The average Bonchev–Trinajstić information content (AvgIpc) is 2.58. The Kier molecular flexibility index (Phi) is 3.79. The van der Waals surface area contributed by atoms with Gasteiger partial charge >= 0.3 is 0 Å². The molecule has 2 fully saturated rings. The Labute approximate surface area is 102 Å². The Morgan fingerprint density at radius 2 is 1.94 bits per heavy atom. The van der Waals surface area contributed by atoms with Crippen LogP contribution >= 0.6 is 0 Å². The van der Waals surface area contributed by atoms with Gasteiger partial charge in [0.1, 0.15) is 0 Å². The van der Waals surface area contributed by atoms with Crippen LogP contribution in [-0.2, 0) is 14.3 Å². The Morgan fingerprint density at radius 1 is 1.29 bits per heavy atom. The first kappa shape index (κ1) is 12.5. The highest BCUT2D eigenvalue weighted by Gasteiger charge is 2.40. The van der Waals surface area contributed by atoms with E-state index >= 15 is 0 Å². The fourth-order valence-corrected chi connectivity index (χ4v) is 2.32. The van der Waals surface area contributed by atoms with Crippen LogP contribution in [0.1, 0.15) is 20.3 Å². The van der Waals surface area contributed by atoms with E-state index in [2.05, 4.69) is 4.90 Å². The van der Waals surface area contributed by atoms with Crippen molar-refractivity contribution in [2.45, 2.75) is 20.3 Å².